The SMILES string of the molecule is CNCCC1COCCN1c1cccc(Br)c1. The molecule has 0 aliphatic carbocycles. The van der Waals surface area contributed by atoms with Crippen molar-refractivity contribution in [3.8, 4) is 0 Å². The summed E-state index contributed by atoms with van der Waals surface area (Å²) in [5.74, 6) is 0. The van der Waals surface area contributed by atoms with Crippen LogP contribution in [0.4, 0.5) is 5.69 Å². The lowest BCUT2D eigenvalue weighted by Gasteiger charge is -2.37. The van der Waals surface area contributed by atoms with Crippen LogP contribution in [-0.2, 0) is 4.74 Å². The maximum absolute atomic E-state index is 5.58. The van der Waals surface area contributed by atoms with Crippen molar-refractivity contribution >= 4 is 21.6 Å². The summed E-state index contributed by atoms with van der Waals surface area (Å²) in [5, 5.41) is 3.21. The van der Waals surface area contributed by atoms with Crippen molar-refractivity contribution in [1.82, 2.24) is 5.32 Å². The third kappa shape index (κ3) is 3.44. The first-order valence-corrected chi connectivity index (χ1v) is 6.85. The minimum Gasteiger partial charge on any atom is -0.377 e. The Kier molecular flexibility index (Phi) is 4.83. The van der Waals surface area contributed by atoms with E-state index >= 15 is 0 Å². The highest BCUT2D eigenvalue weighted by Gasteiger charge is 2.22. The van der Waals surface area contributed by atoms with Gasteiger partial charge in [-0.2, -0.15) is 0 Å². The Morgan fingerprint density at radius 1 is 1.53 bits per heavy atom. The average Bonchev–Trinajstić information content (AvgIpc) is 2.37. The number of hydrogen-bond donors (Lipinski definition) is 1. The number of halogens is 1. The molecular formula is C13H19BrN2O. The van der Waals surface area contributed by atoms with Gasteiger partial charge in [0.25, 0.3) is 0 Å². The molecule has 1 aromatic rings. The Hall–Kier alpha value is -0.580. The molecule has 94 valence electrons. The molecule has 4 heteroatoms. The van der Waals surface area contributed by atoms with Gasteiger partial charge in [0, 0.05) is 16.7 Å². The topological polar surface area (TPSA) is 24.5 Å². The first-order valence-electron chi connectivity index (χ1n) is 6.06. The van der Waals surface area contributed by atoms with Crippen LogP contribution < -0.4 is 10.2 Å². The summed E-state index contributed by atoms with van der Waals surface area (Å²) in [6, 6.07) is 8.97. The van der Waals surface area contributed by atoms with Crippen LogP contribution in [0.1, 0.15) is 6.42 Å². The van der Waals surface area contributed by atoms with Crippen LogP contribution in [0.25, 0.3) is 0 Å². The van der Waals surface area contributed by atoms with Gasteiger partial charge in [0.1, 0.15) is 0 Å². The molecule has 0 amide bonds. The van der Waals surface area contributed by atoms with Crippen molar-refractivity contribution in [2.45, 2.75) is 12.5 Å². The first-order chi connectivity index (χ1) is 8.31. The van der Waals surface area contributed by atoms with Crippen molar-refractivity contribution in [1.29, 1.82) is 0 Å². The average molecular weight is 299 g/mol. The molecule has 1 fully saturated rings. The molecule has 1 unspecified atom stereocenters. The zero-order valence-electron chi connectivity index (χ0n) is 10.2. The Morgan fingerprint density at radius 2 is 2.41 bits per heavy atom. The number of ether oxygens (including phenoxy) is 1. The summed E-state index contributed by atoms with van der Waals surface area (Å²) in [6.07, 6.45) is 1.11. The molecule has 1 aliphatic heterocycles. The smallest absolute Gasteiger partial charge is 0.0671 e. The van der Waals surface area contributed by atoms with Gasteiger partial charge in [-0.1, -0.05) is 22.0 Å². The van der Waals surface area contributed by atoms with Gasteiger partial charge in [0.15, 0.2) is 0 Å². The van der Waals surface area contributed by atoms with Gasteiger partial charge in [-0.15, -0.1) is 0 Å². The van der Waals surface area contributed by atoms with Gasteiger partial charge >= 0.3 is 0 Å². The van der Waals surface area contributed by atoms with Crippen LogP contribution >= 0.6 is 15.9 Å². The minimum atomic E-state index is 0.477. The van der Waals surface area contributed by atoms with E-state index in [1.807, 2.05) is 7.05 Å². The Labute approximate surface area is 111 Å². The van der Waals surface area contributed by atoms with Gasteiger partial charge in [-0.25, -0.2) is 0 Å². The van der Waals surface area contributed by atoms with Crippen molar-refractivity contribution in [2.24, 2.45) is 0 Å². The summed E-state index contributed by atoms with van der Waals surface area (Å²) < 4.78 is 6.71. The number of morpholine rings is 1. The summed E-state index contributed by atoms with van der Waals surface area (Å²) in [5.41, 5.74) is 1.28. The fourth-order valence-electron chi connectivity index (χ4n) is 2.20. The normalized spacial score (nSPS) is 20.6. The predicted molar refractivity (Wildman–Crippen MR) is 74.6 cm³/mol. The molecule has 1 aliphatic rings. The first kappa shape index (κ1) is 12.9. The van der Waals surface area contributed by atoms with E-state index in [1.54, 1.807) is 0 Å². The fourth-order valence-corrected chi connectivity index (χ4v) is 2.59. The van der Waals surface area contributed by atoms with Crippen molar-refractivity contribution in [3.05, 3.63) is 28.7 Å². The van der Waals surface area contributed by atoms with E-state index in [9.17, 15) is 0 Å². The highest BCUT2D eigenvalue weighted by Crippen LogP contribution is 2.24. The van der Waals surface area contributed by atoms with Crippen LogP contribution in [-0.4, -0.2) is 39.4 Å². The van der Waals surface area contributed by atoms with Gasteiger partial charge in [-0.3, -0.25) is 0 Å². The van der Waals surface area contributed by atoms with E-state index in [0.29, 0.717) is 6.04 Å². The summed E-state index contributed by atoms with van der Waals surface area (Å²) in [4.78, 5) is 2.45. The molecule has 0 spiro atoms. The summed E-state index contributed by atoms with van der Waals surface area (Å²) >= 11 is 3.53. The zero-order chi connectivity index (χ0) is 12.1. The van der Waals surface area contributed by atoms with E-state index in [4.69, 9.17) is 4.74 Å². The Balaban J connectivity index is 2.10. The minimum absolute atomic E-state index is 0.477. The van der Waals surface area contributed by atoms with Crippen LogP contribution in [0, 0.1) is 0 Å². The molecule has 0 saturated carbocycles. The van der Waals surface area contributed by atoms with E-state index in [-0.39, 0.29) is 0 Å². The second kappa shape index (κ2) is 6.38. The molecule has 1 heterocycles. The third-order valence-corrected chi connectivity index (χ3v) is 3.59. The van der Waals surface area contributed by atoms with Gasteiger partial charge < -0.3 is 15.0 Å². The summed E-state index contributed by atoms with van der Waals surface area (Å²) in [6.45, 7) is 3.65. The lowest BCUT2D eigenvalue weighted by Crippen LogP contribution is -2.46. The summed E-state index contributed by atoms with van der Waals surface area (Å²) in [7, 11) is 1.99. The number of rotatable bonds is 4. The van der Waals surface area contributed by atoms with Crippen molar-refractivity contribution < 1.29 is 4.74 Å². The quantitative estimate of drug-likeness (QED) is 0.923. The van der Waals surface area contributed by atoms with E-state index in [2.05, 4.69) is 50.4 Å². The van der Waals surface area contributed by atoms with Crippen LogP contribution in [0.2, 0.25) is 0 Å². The number of benzene rings is 1. The number of nitrogens with zero attached hydrogens (tertiary/aromatic N) is 1. The van der Waals surface area contributed by atoms with Crippen molar-refractivity contribution in [3.63, 3.8) is 0 Å². The fraction of sp³-hybridized carbons (Fsp3) is 0.538. The van der Waals surface area contributed by atoms with E-state index in [0.717, 1.165) is 37.2 Å². The number of nitrogens with one attached hydrogen (secondary N) is 1. The highest BCUT2D eigenvalue weighted by atomic mass is 79.9. The maximum Gasteiger partial charge on any atom is 0.0671 e. The van der Waals surface area contributed by atoms with Gasteiger partial charge in [-0.05, 0) is 38.2 Å². The second-order valence-electron chi connectivity index (χ2n) is 4.29. The lowest BCUT2D eigenvalue weighted by atomic mass is 10.1. The standard InChI is InChI=1S/C13H19BrN2O/c1-15-6-5-13-10-17-8-7-16(13)12-4-2-3-11(14)9-12/h2-4,9,13,15H,5-8,10H2,1H3. The molecule has 1 N–H and O–H groups in total. The highest BCUT2D eigenvalue weighted by molar-refractivity contribution is 9.10. The number of hydrogen-bond acceptors (Lipinski definition) is 3. The maximum atomic E-state index is 5.58. The Morgan fingerprint density at radius 3 is 3.18 bits per heavy atom. The Bertz CT molecular complexity index is 359. The molecule has 0 aromatic heterocycles. The monoisotopic (exact) mass is 298 g/mol. The van der Waals surface area contributed by atoms with Crippen LogP contribution in [0.15, 0.2) is 28.7 Å². The molecule has 17 heavy (non-hydrogen) atoms. The largest absolute Gasteiger partial charge is 0.377 e. The lowest BCUT2D eigenvalue weighted by molar-refractivity contribution is 0.0917. The molecule has 1 aromatic carbocycles. The third-order valence-electron chi connectivity index (χ3n) is 3.09. The molecule has 2 rings (SSSR count). The predicted octanol–water partition coefficient (Wildman–Crippen LogP) is 2.26. The zero-order valence-corrected chi connectivity index (χ0v) is 11.7. The van der Waals surface area contributed by atoms with E-state index < -0.39 is 0 Å². The molecule has 1 saturated heterocycles. The van der Waals surface area contributed by atoms with E-state index in [1.165, 1.54) is 5.69 Å². The van der Waals surface area contributed by atoms with Crippen molar-refractivity contribution in [2.75, 3.05) is 38.3 Å². The number of anilines is 1. The second-order valence-corrected chi connectivity index (χ2v) is 5.21. The van der Waals surface area contributed by atoms with Crippen LogP contribution in [0.5, 0.6) is 0 Å². The molecule has 1 atom stereocenters. The molecule has 3 nitrogen and oxygen atoms in total. The van der Waals surface area contributed by atoms with Gasteiger partial charge in [0.05, 0.1) is 19.3 Å². The van der Waals surface area contributed by atoms with Gasteiger partial charge in [0.2, 0.25) is 0 Å². The molecule has 0 bridgehead atoms. The van der Waals surface area contributed by atoms with Crippen LogP contribution in [0.3, 0.4) is 0 Å². The molecule has 0 radical (unpaired) electrons. The molecular weight excluding hydrogens is 280 g/mol.